The number of fused-ring (bicyclic) bond motifs is 3. The van der Waals surface area contributed by atoms with Crippen LogP contribution in [0.25, 0.3) is 11.6 Å². The molecular weight excluding hydrogens is 843 g/mol. The van der Waals surface area contributed by atoms with Crippen molar-refractivity contribution in [1.82, 2.24) is 0 Å². The Bertz CT molecular complexity index is 2710. The fourth-order valence-electron chi connectivity index (χ4n) is 10.5. The highest BCUT2D eigenvalue weighted by Crippen LogP contribution is 2.52. The average Bonchev–Trinajstić information content (AvgIpc) is 3.58. The van der Waals surface area contributed by atoms with Crippen molar-refractivity contribution in [2.24, 2.45) is 17.8 Å². The van der Waals surface area contributed by atoms with Crippen molar-refractivity contribution < 1.29 is 33.2 Å². The van der Waals surface area contributed by atoms with E-state index >= 15 is 0 Å². The molecule has 2 heterocycles. The zero-order chi connectivity index (χ0) is 46.0. The van der Waals surface area contributed by atoms with Crippen molar-refractivity contribution >= 4 is 66.3 Å². The number of amides is 2. The second-order valence-electron chi connectivity index (χ2n) is 18.6. The number of allylic oxidation sites excluding steroid dienone is 1. The van der Waals surface area contributed by atoms with Crippen LogP contribution in [0.3, 0.4) is 0 Å². The zero-order valence-corrected chi connectivity index (χ0v) is 38.4. The number of halogens is 1. The Kier molecular flexibility index (Phi) is 12.8. The number of nitrogens with one attached hydrogen (secondary N) is 1. The average molecular weight is 897 g/mol. The number of rotatable bonds is 13. The highest BCUT2D eigenvalue weighted by Gasteiger charge is 2.58. The molecule has 0 spiro atoms. The van der Waals surface area contributed by atoms with Crippen molar-refractivity contribution in [3.8, 4) is 5.75 Å². The van der Waals surface area contributed by atoms with Gasteiger partial charge >= 0.3 is 7.12 Å². The van der Waals surface area contributed by atoms with E-state index in [2.05, 4.69) is 74.6 Å². The van der Waals surface area contributed by atoms with Crippen LogP contribution in [0.2, 0.25) is 11.4 Å². The molecule has 2 fully saturated rings. The van der Waals surface area contributed by atoms with E-state index in [9.17, 15) is 24.1 Å². The Labute approximate surface area is 387 Å². The van der Waals surface area contributed by atoms with Gasteiger partial charge in [0.15, 0.2) is 11.6 Å². The Hall–Kier alpha value is -6.37. The summed E-state index contributed by atoms with van der Waals surface area (Å²) >= 11 is 0. The third kappa shape index (κ3) is 8.84. The van der Waals surface area contributed by atoms with Crippen molar-refractivity contribution in [2.75, 3.05) is 16.8 Å². The molecule has 0 unspecified atom stereocenters. The molecule has 0 aromatic heterocycles. The fourth-order valence-corrected chi connectivity index (χ4v) is 15.1. The van der Waals surface area contributed by atoms with Gasteiger partial charge in [-0.15, -0.1) is 0 Å². The largest absolute Gasteiger partial charge is 0.505 e. The van der Waals surface area contributed by atoms with E-state index in [1.54, 1.807) is 18.2 Å². The van der Waals surface area contributed by atoms with Gasteiger partial charge in [-0.25, -0.2) is 4.39 Å². The lowest BCUT2D eigenvalue weighted by molar-refractivity contribution is -0.122. The third-order valence-corrected chi connectivity index (χ3v) is 18.5. The number of carbonyl (C=O) groups excluding carboxylic acids is 2. The maximum atomic E-state index is 14.9. The topological polar surface area (TPSA) is 108 Å². The van der Waals surface area contributed by atoms with Crippen LogP contribution >= 0.6 is 0 Å². The lowest BCUT2D eigenvalue weighted by Gasteiger charge is -2.46. The molecule has 2 amide bonds. The van der Waals surface area contributed by atoms with Crippen molar-refractivity contribution in [2.45, 2.75) is 57.5 Å². The van der Waals surface area contributed by atoms with Crippen molar-refractivity contribution in [3.63, 3.8) is 0 Å². The van der Waals surface area contributed by atoms with Crippen LogP contribution in [0.5, 0.6) is 5.75 Å². The zero-order valence-electron chi connectivity index (χ0n) is 37.4. The van der Waals surface area contributed by atoms with E-state index < -0.39 is 50.9 Å². The maximum Gasteiger partial charge on any atom is 0.455 e. The molecule has 66 heavy (non-hydrogen) atoms. The van der Waals surface area contributed by atoms with Crippen LogP contribution < -0.4 is 20.6 Å². The van der Waals surface area contributed by atoms with Crippen LogP contribution in [0.4, 0.5) is 21.5 Å². The van der Waals surface area contributed by atoms with Crippen LogP contribution in [0.1, 0.15) is 51.2 Å². The van der Waals surface area contributed by atoms with E-state index in [0.717, 1.165) is 44.0 Å². The summed E-state index contributed by atoms with van der Waals surface area (Å²) in [6.45, 7) is 6.89. The predicted octanol–water partition coefficient (Wildman–Crippen LogP) is 10.2. The molecule has 6 aromatic rings. The van der Waals surface area contributed by atoms with Crippen molar-refractivity contribution in [3.05, 3.63) is 192 Å². The van der Waals surface area contributed by atoms with Gasteiger partial charge in [-0.1, -0.05) is 142 Å². The van der Waals surface area contributed by atoms with Gasteiger partial charge in [-0.05, 0) is 123 Å². The summed E-state index contributed by atoms with van der Waals surface area (Å²) in [5.41, 5.74) is 6.50. The maximum absolute atomic E-state index is 14.9. The van der Waals surface area contributed by atoms with Gasteiger partial charge in [0.2, 0.25) is 11.8 Å². The number of nitrogens with zero attached hydrogens (tertiary/aromatic N) is 1. The van der Waals surface area contributed by atoms with Gasteiger partial charge in [0.05, 0.1) is 30.2 Å². The quantitative estimate of drug-likeness (QED) is 0.0459. The molecule has 0 radical (unpaired) electrons. The molecule has 334 valence electrons. The van der Waals surface area contributed by atoms with Gasteiger partial charge in [0, 0.05) is 11.4 Å². The molecule has 11 heteroatoms. The first kappa shape index (κ1) is 44.8. The molecule has 6 aromatic carbocycles. The third-order valence-electron chi connectivity index (χ3n) is 13.5. The molecule has 0 saturated carbocycles. The van der Waals surface area contributed by atoms with Crippen LogP contribution in [-0.4, -0.2) is 50.1 Å². The Morgan fingerprint density at radius 3 is 2.00 bits per heavy atom. The highest BCUT2D eigenvalue weighted by atomic mass is 28.4. The minimum absolute atomic E-state index is 0.149. The lowest BCUT2D eigenvalue weighted by atomic mass is 9.58. The molecule has 2 saturated heterocycles. The Morgan fingerprint density at radius 2 is 1.39 bits per heavy atom. The smallest absolute Gasteiger partial charge is 0.455 e. The SMILES string of the molecule is CC(C)(C)[Si](OCC1=C2[C@@H](CC/C(=C/c3ccc(O)c(F)c3)c3ccccc3)OB(O)C[C@@H]2[C@@H]2C(=O)N(c3ccc(Nc4ccccc4)cc3)C(=O)[C@@H]2C1)(c1ccccc1)c1ccccc1. The monoisotopic (exact) mass is 896 g/mol. The number of hydrogen-bond acceptors (Lipinski definition) is 7. The first-order chi connectivity index (χ1) is 31.9. The summed E-state index contributed by atoms with van der Waals surface area (Å²) in [5.74, 6) is -3.55. The minimum atomic E-state index is -3.07. The Balaban J connectivity index is 1.11. The van der Waals surface area contributed by atoms with E-state index in [1.165, 1.54) is 17.0 Å². The van der Waals surface area contributed by atoms with E-state index in [0.29, 0.717) is 30.5 Å². The second kappa shape index (κ2) is 18.9. The number of aromatic hydroxyl groups is 1. The number of hydrogen-bond donors (Lipinski definition) is 3. The molecule has 1 aliphatic carbocycles. The summed E-state index contributed by atoms with van der Waals surface area (Å²) < 4.78 is 28.7. The van der Waals surface area contributed by atoms with Crippen molar-refractivity contribution in [1.29, 1.82) is 0 Å². The molecule has 0 bridgehead atoms. The molecule has 3 N–H and O–H groups in total. The second-order valence-corrected chi connectivity index (χ2v) is 22.9. The molecular formula is C55H54BFN2O6Si. The van der Waals surface area contributed by atoms with Gasteiger partial charge in [-0.2, -0.15) is 0 Å². The van der Waals surface area contributed by atoms with Crippen LogP contribution in [0.15, 0.2) is 175 Å². The summed E-state index contributed by atoms with van der Waals surface area (Å²) in [7, 11) is -4.26. The lowest BCUT2D eigenvalue weighted by Crippen LogP contribution is -2.66. The van der Waals surface area contributed by atoms with E-state index in [1.807, 2.05) is 91.0 Å². The minimum Gasteiger partial charge on any atom is -0.505 e. The highest BCUT2D eigenvalue weighted by molar-refractivity contribution is 6.99. The van der Waals surface area contributed by atoms with Crippen LogP contribution in [-0.2, 0) is 18.7 Å². The van der Waals surface area contributed by atoms with E-state index in [-0.39, 0.29) is 29.8 Å². The molecule has 8 nitrogen and oxygen atoms in total. The number of anilines is 3. The number of imide groups is 1. The van der Waals surface area contributed by atoms with E-state index in [4.69, 9.17) is 9.08 Å². The number of benzene rings is 6. The first-order valence-electron chi connectivity index (χ1n) is 22.8. The molecule has 3 aliphatic rings. The summed E-state index contributed by atoms with van der Waals surface area (Å²) in [5, 5.41) is 26.8. The molecule has 4 atom stereocenters. The van der Waals surface area contributed by atoms with Gasteiger partial charge in [-0.3, -0.25) is 14.5 Å². The number of para-hydroxylation sites is 1. The van der Waals surface area contributed by atoms with Gasteiger partial charge < -0.3 is 24.5 Å². The van der Waals surface area contributed by atoms with Crippen LogP contribution in [0, 0.1) is 23.6 Å². The number of phenolic OH excluding ortho intramolecular Hbond substituents is 1. The number of carbonyl (C=O) groups is 2. The first-order valence-corrected chi connectivity index (χ1v) is 24.7. The normalized spacial score (nSPS) is 20.0. The summed E-state index contributed by atoms with van der Waals surface area (Å²) in [6, 6.07) is 52.1. The standard InChI is InChI=1S/C55H54BFN2O6Si/c1-55(2,3)66(44-20-12-6-13-21-44,45-22-14-7-15-23-45)64-36-40-34-46-52(54(62)59(53(46)61)43-28-26-42(27-29-43)58-41-18-10-5-11-19-41)47-35-56(63)65-50(51(40)47)31-25-39(38-16-8-4-9-17-38)32-37-24-30-49(60)48(57)33-37/h4-24,26-30,32-33,46-47,50,52,58,60,63H,25,31,34-36H2,1-3H3/b39-32-/t46-,47+,50-,52-/m1/s1. The van der Waals surface area contributed by atoms with Gasteiger partial charge in [0.25, 0.3) is 8.32 Å². The Morgan fingerprint density at radius 1 is 0.803 bits per heavy atom. The molecule has 2 aliphatic heterocycles. The predicted molar refractivity (Wildman–Crippen MR) is 264 cm³/mol. The number of phenols is 1. The summed E-state index contributed by atoms with van der Waals surface area (Å²) in [6.07, 6.45) is 2.63. The van der Waals surface area contributed by atoms with Gasteiger partial charge in [0.1, 0.15) is 0 Å². The molecule has 9 rings (SSSR count). The fraction of sp³-hybridized carbons (Fsp3) is 0.236. The summed E-state index contributed by atoms with van der Waals surface area (Å²) in [4.78, 5) is 31.0.